The highest BCUT2D eigenvalue weighted by atomic mass is 16.5. The third-order valence-corrected chi connectivity index (χ3v) is 6.60. The van der Waals surface area contributed by atoms with Gasteiger partial charge in [-0.1, -0.05) is 0 Å². The minimum atomic E-state index is 0.0102. The first-order chi connectivity index (χ1) is 13.2. The lowest BCUT2D eigenvalue weighted by Gasteiger charge is -2.38. The van der Waals surface area contributed by atoms with Gasteiger partial charge in [0, 0.05) is 37.3 Å². The maximum atomic E-state index is 13.2. The van der Waals surface area contributed by atoms with E-state index < -0.39 is 0 Å². The Balaban J connectivity index is 1.44. The second-order valence-corrected chi connectivity index (χ2v) is 8.26. The Morgan fingerprint density at radius 3 is 2.59 bits per heavy atom. The van der Waals surface area contributed by atoms with Crippen LogP contribution in [0.2, 0.25) is 0 Å². The van der Waals surface area contributed by atoms with Gasteiger partial charge in [0.15, 0.2) is 0 Å². The van der Waals surface area contributed by atoms with Crippen molar-refractivity contribution in [2.75, 3.05) is 32.8 Å². The lowest BCUT2D eigenvalue weighted by atomic mass is 9.87. The summed E-state index contributed by atoms with van der Waals surface area (Å²) in [5.74, 6) is 0.129. The summed E-state index contributed by atoms with van der Waals surface area (Å²) in [7, 11) is 0. The Morgan fingerprint density at radius 1 is 1.11 bits per heavy atom. The predicted molar refractivity (Wildman–Crippen MR) is 103 cm³/mol. The summed E-state index contributed by atoms with van der Waals surface area (Å²) in [5, 5.41) is 8.98. The minimum Gasteiger partial charge on any atom is -0.377 e. The molecule has 1 aromatic carbocycles. The van der Waals surface area contributed by atoms with Crippen molar-refractivity contribution < 1.29 is 9.53 Å². The number of hydrogen-bond donors (Lipinski definition) is 0. The molecule has 3 aliphatic heterocycles. The van der Waals surface area contributed by atoms with E-state index in [1.807, 2.05) is 0 Å². The Hall–Kier alpha value is -1.90. The number of ether oxygens (including phenoxy) is 1. The first kappa shape index (κ1) is 18.5. The molecule has 27 heavy (non-hydrogen) atoms. The van der Waals surface area contributed by atoms with Gasteiger partial charge in [-0.3, -0.25) is 4.79 Å². The topological polar surface area (TPSA) is 56.6 Å². The predicted octanol–water partition coefficient (Wildman–Crippen LogP) is 3.20. The second kappa shape index (κ2) is 8.00. The molecule has 0 aliphatic carbocycles. The molecule has 1 amide bonds. The molecule has 1 aromatic rings. The first-order valence-electron chi connectivity index (χ1n) is 10.4. The van der Waals surface area contributed by atoms with Crippen molar-refractivity contribution in [1.29, 1.82) is 5.26 Å². The van der Waals surface area contributed by atoms with E-state index in [0.717, 1.165) is 64.9 Å². The number of carbonyl (C=O) groups excluding carboxylic acids is 1. The molecule has 0 saturated carbocycles. The molecule has 3 aliphatic rings. The number of benzene rings is 1. The molecule has 0 unspecified atom stereocenters. The SMILES string of the molecule is N#Cc1ccc(C(=O)N2CCC[C@]23CCCN(C[C@H]2CCCO2)CC3)cc1. The van der Waals surface area contributed by atoms with Crippen LogP contribution in [0.1, 0.15) is 60.9 Å². The summed E-state index contributed by atoms with van der Waals surface area (Å²) in [6, 6.07) is 9.20. The molecule has 3 heterocycles. The normalized spacial score (nSPS) is 29.0. The van der Waals surface area contributed by atoms with Crippen LogP contribution < -0.4 is 0 Å². The maximum absolute atomic E-state index is 13.2. The Bertz CT molecular complexity index is 705. The summed E-state index contributed by atoms with van der Waals surface area (Å²) < 4.78 is 5.82. The summed E-state index contributed by atoms with van der Waals surface area (Å²) in [6.07, 6.45) is 8.28. The maximum Gasteiger partial charge on any atom is 0.254 e. The Kier molecular flexibility index (Phi) is 5.47. The second-order valence-electron chi connectivity index (χ2n) is 8.26. The molecule has 2 atom stereocenters. The van der Waals surface area contributed by atoms with E-state index >= 15 is 0 Å². The third-order valence-electron chi connectivity index (χ3n) is 6.60. The summed E-state index contributed by atoms with van der Waals surface area (Å²) in [4.78, 5) is 17.9. The molecule has 3 saturated heterocycles. The standard InChI is InChI=1S/C22H29N3O2/c23-16-18-5-7-19(8-6-18)21(26)25-13-3-10-22(25)9-2-12-24(14-11-22)17-20-4-1-15-27-20/h5-8,20H,1-4,9-15,17H2/t20-,22+/m1/s1. The van der Waals surface area contributed by atoms with Crippen molar-refractivity contribution in [3.05, 3.63) is 35.4 Å². The largest absolute Gasteiger partial charge is 0.377 e. The highest BCUT2D eigenvalue weighted by Crippen LogP contribution is 2.39. The van der Waals surface area contributed by atoms with Gasteiger partial charge in [-0.05, 0) is 75.8 Å². The van der Waals surface area contributed by atoms with Crippen molar-refractivity contribution in [3.63, 3.8) is 0 Å². The highest BCUT2D eigenvalue weighted by Gasteiger charge is 2.44. The van der Waals surface area contributed by atoms with Crippen molar-refractivity contribution >= 4 is 5.91 Å². The smallest absolute Gasteiger partial charge is 0.254 e. The lowest BCUT2D eigenvalue weighted by molar-refractivity contribution is 0.0536. The quantitative estimate of drug-likeness (QED) is 0.823. The van der Waals surface area contributed by atoms with Gasteiger partial charge in [-0.25, -0.2) is 0 Å². The van der Waals surface area contributed by atoms with Gasteiger partial charge >= 0.3 is 0 Å². The number of nitrogens with zero attached hydrogens (tertiary/aromatic N) is 3. The van der Waals surface area contributed by atoms with Gasteiger partial charge in [0.25, 0.3) is 5.91 Å². The van der Waals surface area contributed by atoms with E-state index in [2.05, 4.69) is 15.9 Å². The van der Waals surface area contributed by atoms with E-state index in [1.54, 1.807) is 24.3 Å². The number of hydrogen-bond acceptors (Lipinski definition) is 4. The van der Waals surface area contributed by atoms with Gasteiger partial charge in [0.05, 0.1) is 17.7 Å². The van der Waals surface area contributed by atoms with Crippen LogP contribution in [0.25, 0.3) is 0 Å². The molecule has 0 radical (unpaired) electrons. The highest BCUT2D eigenvalue weighted by molar-refractivity contribution is 5.95. The molecule has 0 bridgehead atoms. The monoisotopic (exact) mass is 367 g/mol. The summed E-state index contributed by atoms with van der Waals surface area (Å²) in [6.45, 7) is 4.97. The Labute approximate surface area is 161 Å². The fourth-order valence-corrected chi connectivity index (χ4v) is 5.11. The van der Waals surface area contributed by atoms with Crippen LogP contribution >= 0.6 is 0 Å². The number of likely N-dealkylation sites (tertiary alicyclic amines) is 2. The molecule has 0 N–H and O–H groups in total. The van der Waals surface area contributed by atoms with Crippen molar-refractivity contribution in [2.45, 2.75) is 56.6 Å². The number of nitriles is 1. The van der Waals surface area contributed by atoms with E-state index in [4.69, 9.17) is 10.00 Å². The zero-order valence-electron chi connectivity index (χ0n) is 16.0. The van der Waals surface area contributed by atoms with Crippen LogP contribution in [0.3, 0.4) is 0 Å². The fourth-order valence-electron chi connectivity index (χ4n) is 5.11. The summed E-state index contributed by atoms with van der Waals surface area (Å²) in [5.41, 5.74) is 1.31. The minimum absolute atomic E-state index is 0.0102. The number of rotatable bonds is 3. The van der Waals surface area contributed by atoms with Crippen LogP contribution in [0.4, 0.5) is 0 Å². The van der Waals surface area contributed by atoms with E-state index in [-0.39, 0.29) is 11.4 Å². The molecule has 1 spiro atoms. The Morgan fingerprint density at radius 2 is 1.89 bits per heavy atom. The average Bonchev–Trinajstić information content (AvgIpc) is 3.30. The third kappa shape index (κ3) is 3.88. The first-order valence-corrected chi connectivity index (χ1v) is 10.4. The molecule has 5 heteroatoms. The van der Waals surface area contributed by atoms with Crippen LogP contribution in [0.15, 0.2) is 24.3 Å². The molecule has 0 aromatic heterocycles. The molecule has 5 nitrogen and oxygen atoms in total. The van der Waals surface area contributed by atoms with Gasteiger partial charge in [-0.15, -0.1) is 0 Å². The van der Waals surface area contributed by atoms with Crippen LogP contribution in [-0.2, 0) is 4.74 Å². The van der Waals surface area contributed by atoms with Crippen molar-refractivity contribution in [2.24, 2.45) is 0 Å². The molecule has 144 valence electrons. The molecule has 4 rings (SSSR count). The molecule has 3 fully saturated rings. The van der Waals surface area contributed by atoms with E-state index in [1.165, 1.54) is 12.8 Å². The van der Waals surface area contributed by atoms with Gasteiger partial charge in [0.1, 0.15) is 0 Å². The van der Waals surface area contributed by atoms with Gasteiger partial charge in [0.2, 0.25) is 0 Å². The summed E-state index contributed by atoms with van der Waals surface area (Å²) >= 11 is 0. The molecular formula is C22H29N3O2. The van der Waals surface area contributed by atoms with E-state index in [9.17, 15) is 4.79 Å². The number of amides is 1. The van der Waals surface area contributed by atoms with Crippen LogP contribution in [0.5, 0.6) is 0 Å². The van der Waals surface area contributed by atoms with Crippen LogP contribution in [0, 0.1) is 11.3 Å². The zero-order chi connectivity index (χ0) is 18.7. The fraction of sp³-hybridized carbons (Fsp3) is 0.636. The van der Waals surface area contributed by atoms with Gasteiger partial charge < -0.3 is 14.5 Å². The van der Waals surface area contributed by atoms with Crippen LogP contribution in [-0.4, -0.2) is 60.1 Å². The average molecular weight is 367 g/mol. The van der Waals surface area contributed by atoms with Crippen molar-refractivity contribution in [1.82, 2.24) is 9.80 Å². The molecular weight excluding hydrogens is 338 g/mol. The van der Waals surface area contributed by atoms with E-state index in [0.29, 0.717) is 17.2 Å². The van der Waals surface area contributed by atoms with Gasteiger partial charge in [-0.2, -0.15) is 5.26 Å². The number of carbonyl (C=O) groups is 1. The van der Waals surface area contributed by atoms with Crippen molar-refractivity contribution in [3.8, 4) is 6.07 Å². The zero-order valence-corrected chi connectivity index (χ0v) is 16.0. The lowest BCUT2D eigenvalue weighted by Crippen LogP contribution is -2.48.